The number of morpholine rings is 1. The summed E-state index contributed by atoms with van der Waals surface area (Å²) < 4.78 is 5.51. The fraction of sp³-hybridized carbons (Fsp3) is 1.00. The van der Waals surface area contributed by atoms with E-state index in [0.29, 0.717) is 24.3 Å². The maximum atomic E-state index is 6.14. The highest BCUT2D eigenvalue weighted by atomic mass is 16.7. The van der Waals surface area contributed by atoms with Crippen molar-refractivity contribution in [2.45, 2.75) is 69.2 Å². The van der Waals surface area contributed by atoms with Gasteiger partial charge in [-0.3, -0.25) is 15.1 Å². The number of piperidine rings is 2. The average molecular weight is 411 g/mol. The van der Waals surface area contributed by atoms with Crippen LogP contribution in [0.1, 0.15) is 38.5 Å². The number of nitrogens with one attached hydrogen (secondary N) is 3. The van der Waals surface area contributed by atoms with Crippen molar-refractivity contribution in [3.63, 3.8) is 0 Å². The molecule has 5 aliphatic heterocycles. The Bertz CT molecular complexity index is 517. The third-order valence-electron chi connectivity index (χ3n) is 8.17. The van der Waals surface area contributed by atoms with Crippen molar-refractivity contribution in [1.29, 1.82) is 0 Å². The third kappa shape index (κ3) is 4.65. The molecule has 166 valence electrons. The van der Waals surface area contributed by atoms with Gasteiger partial charge in [0.1, 0.15) is 12.4 Å². The molecule has 29 heavy (non-hydrogen) atoms. The van der Waals surface area contributed by atoms with Crippen molar-refractivity contribution in [2.75, 3.05) is 59.5 Å². The molecular formula is C21H42N6O2+2. The minimum atomic E-state index is 0.145. The van der Waals surface area contributed by atoms with E-state index in [1.165, 1.54) is 64.7 Å². The summed E-state index contributed by atoms with van der Waals surface area (Å²) >= 11 is 0. The minimum absolute atomic E-state index is 0.145. The first-order valence-electron chi connectivity index (χ1n) is 12.2. The van der Waals surface area contributed by atoms with E-state index in [1.807, 2.05) is 0 Å². The zero-order valence-corrected chi connectivity index (χ0v) is 18.2. The highest BCUT2D eigenvalue weighted by Gasteiger charge is 2.44. The molecule has 0 bridgehead atoms. The van der Waals surface area contributed by atoms with Gasteiger partial charge in [0.15, 0.2) is 0 Å². The Hall–Kier alpha value is -0.320. The monoisotopic (exact) mass is 410 g/mol. The molecule has 0 amide bonds. The largest absolute Gasteiger partial charge is 0.379 e. The zero-order valence-electron chi connectivity index (χ0n) is 18.2. The molecule has 0 aliphatic carbocycles. The van der Waals surface area contributed by atoms with Crippen molar-refractivity contribution in [1.82, 2.24) is 20.6 Å². The van der Waals surface area contributed by atoms with Crippen LogP contribution in [0.2, 0.25) is 0 Å². The van der Waals surface area contributed by atoms with E-state index in [9.17, 15) is 0 Å². The number of nitrogens with two attached hydrogens (primary N) is 1. The maximum absolute atomic E-state index is 6.14. The van der Waals surface area contributed by atoms with Crippen LogP contribution in [-0.4, -0.2) is 100.0 Å². The van der Waals surface area contributed by atoms with Crippen LogP contribution >= 0.6 is 0 Å². The lowest BCUT2D eigenvalue weighted by Gasteiger charge is -2.38. The molecule has 0 aromatic heterocycles. The van der Waals surface area contributed by atoms with Gasteiger partial charge in [0, 0.05) is 44.3 Å². The van der Waals surface area contributed by atoms with Crippen LogP contribution in [0.3, 0.4) is 0 Å². The molecule has 0 saturated carbocycles. The summed E-state index contributed by atoms with van der Waals surface area (Å²) in [6.07, 6.45) is 8.88. The first kappa shape index (κ1) is 20.6. The van der Waals surface area contributed by atoms with Gasteiger partial charge in [-0.2, -0.15) is 5.48 Å². The van der Waals surface area contributed by atoms with E-state index in [1.54, 1.807) is 4.90 Å². The van der Waals surface area contributed by atoms with Crippen LogP contribution in [0, 0.1) is 5.92 Å². The van der Waals surface area contributed by atoms with E-state index in [0.717, 1.165) is 32.3 Å². The lowest BCUT2D eigenvalue weighted by Crippen LogP contribution is -3.10. The molecule has 8 nitrogen and oxygen atoms in total. The van der Waals surface area contributed by atoms with Gasteiger partial charge in [-0.25, -0.2) is 4.90 Å². The molecule has 5 rings (SSSR count). The summed E-state index contributed by atoms with van der Waals surface area (Å²) in [5, 5.41) is 6.40. The van der Waals surface area contributed by atoms with Crippen molar-refractivity contribution >= 4 is 0 Å². The Kier molecular flexibility index (Phi) is 6.70. The third-order valence-corrected chi connectivity index (χ3v) is 8.17. The summed E-state index contributed by atoms with van der Waals surface area (Å²) in [7, 11) is 2.33. The van der Waals surface area contributed by atoms with Crippen molar-refractivity contribution in [3.05, 3.63) is 0 Å². The standard InChI is InChI=1S/C21H40N6O2/c1-25-9-6-17(7-10-25)27-8-2-3-18(27)21-23-20(24-29-21)16-4-5-19(22-15-16)26-11-13-28-14-12-26/h16-24H,2-15H2,1H3/p+2/t16?,18-,19?,20?,21?/m0/s1. The lowest BCUT2D eigenvalue weighted by molar-refractivity contribution is -0.885. The topological polar surface area (TPSA) is 70.1 Å². The van der Waals surface area contributed by atoms with Gasteiger partial charge >= 0.3 is 0 Å². The van der Waals surface area contributed by atoms with Gasteiger partial charge in [0.05, 0.1) is 52.1 Å². The first-order valence-corrected chi connectivity index (χ1v) is 12.2. The Labute approximate surface area is 175 Å². The number of quaternary nitrogens is 2. The van der Waals surface area contributed by atoms with Gasteiger partial charge in [-0.15, -0.1) is 0 Å². The molecule has 0 aromatic carbocycles. The second-order valence-corrected chi connectivity index (χ2v) is 9.96. The van der Waals surface area contributed by atoms with Crippen LogP contribution in [0.5, 0.6) is 0 Å². The molecule has 5 fully saturated rings. The summed E-state index contributed by atoms with van der Waals surface area (Å²) in [6.45, 7) is 9.02. The molecule has 5 atom stereocenters. The smallest absolute Gasteiger partial charge is 0.146 e. The number of ether oxygens (including phenoxy) is 1. The second-order valence-electron chi connectivity index (χ2n) is 9.96. The Balaban J connectivity index is 1.11. The predicted molar refractivity (Wildman–Crippen MR) is 110 cm³/mol. The minimum Gasteiger partial charge on any atom is -0.379 e. The first-order chi connectivity index (χ1) is 14.3. The number of hydrogen-bond donors (Lipinski definition) is 4. The number of nitrogens with zero attached hydrogens (tertiary/aromatic N) is 2. The fourth-order valence-electron chi connectivity index (χ4n) is 6.33. The number of hydrogen-bond acceptors (Lipinski definition) is 6. The summed E-state index contributed by atoms with van der Waals surface area (Å²) in [6, 6.07) is 1.29. The molecule has 5 heterocycles. The molecular weight excluding hydrogens is 368 g/mol. The molecule has 0 aromatic rings. The quantitative estimate of drug-likeness (QED) is 0.412. The van der Waals surface area contributed by atoms with Crippen molar-refractivity contribution in [2.24, 2.45) is 5.92 Å². The van der Waals surface area contributed by atoms with Crippen molar-refractivity contribution < 1.29 is 19.8 Å². The lowest BCUT2D eigenvalue weighted by atomic mass is 9.94. The van der Waals surface area contributed by atoms with Crippen LogP contribution in [0.15, 0.2) is 0 Å². The maximum Gasteiger partial charge on any atom is 0.146 e. The van der Waals surface area contributed by atoms with Gasteiger partial charge < -0.3 is 15.0 Å². The van der Waals surface area contributed by atoms with Gasteiger partial charge in [0.2, 0.25) is 0 Å². The van der Waals surface area contributed by atoms with E-state index in [2.05, 4.69) is 33.0 Å². The van der Waals surface area contributed by atoms with Crippen LogP contribution in [0.4, 0.5) is 0 Å². The van der Waals surface area contributed by atoms with E-state index < -0.39 is 0 Å². The second kappa shape index (κ2) is 9.44. The Morgan fingerprint density at radius 3 is 2.59 bits per heavy atom. The molecule has 4 unspecified atom stereocenters. The molecule has 8 heteroatoms. The molecule has 0 radical (unpaired) electrons. The fourth-order valence-corrected chi connectivity index (χ4v) is 6.33. The van der Waals surface area contributed by atoms with E-state index >= 15 is 0 Å². The summed E-state index contributed by atoms with van der Waals surface area (Å²) in [4.78, 5) is 13.2. The Morgan fingerprint density at radius 2 is 1.83 bits per heavy atom. The summed E-state index contributed by atoms with van der Waals surface area (Å²) in [5.74, 6) is 0.638. The zero-order chi connectivity index (χ0) is 19.6. The normalized spacial score (nSPS) is 45.6. The molecule has 5 aliphatic rings. The number of rotatable bonds is 4. The Morgan fingerprint density at radius 1 is 1.00 bits per heavy atom. The number of likely N-dealkylation sites (tertiary alicyclic amines) is 2. The summed E-state index contributed by atoms with van der Waals surface area (Å²) in [5.41, 5.74) is 3.38. The molecule has 5 N–H and O–H groups in total. The average Bonchev–Trinajstić information content (AvgIpc) is 3.45. The molecule has 0 spiro atoms. The predicted octanol–water partition coefficient (Wildman–Crippen LogP) is -2.46. The highest BCUT2D eigenvalue weighted by molar-refractivity contribution is 4.93. The van der Waals surface area contributed by atoms with Gasteiger partial charge in [-0.1, -0.05) is 0 Å². The molecule has 5 saturated heterocycles. The number of hydroxylamine groups is 1. The SMILES string of the molecule is C[NH+]1CCC(N2CCC[C@H]2C2NC(C3CCC(N4CCOCC4)[NH2+]C3)NO2)CC1. The highest BCUT2D eigenvalue weighted by Crippen LogP contribution is 2.28. The van der Waals surface area contributed by atoms with Crippen LogP contribution < -0.4 is 21.0 Å². The van der Waals surface area contributed by atoms with Crippen LogP contribution in [0.25, 0.3) is 0 Å². The van der Waals surface area contributed by atoms with Gasteiger partial charge in [-0.05, 0) is 25.8 Å². The van der Waals surface area contributed by atoms with Crippen LogP contribution in [-0.2, 0) is 9.57 Å². The van der Waals surface area contributed by atoms with Gasteiger partial charge in [0.25, 0.3) is 0 Å². The van der Waals surface area contributed by atoms with Crippen molar-refractivity contribution in [3.8, 4) is 0 Å². The van der Waals surface area contributed by atoms with E-state index in [-0.39, 0.29) is 6.23 Å². The van der Waals surface area contributed by atoms with E-state index in [4.69, 9.17) is 9.57 Å².